The summed E-state index contributed by atoms with van der Waals surface area (Å²) < 4.78 is 15.9. The van der Waals surface area contributed by atoms with Gasteiger partial charge in [0.1, 0.15) is 5.75 Å². The fraction of sp³-hybridized carbons (Fsp3) is 0.343. The number of thiophene rings is 1. The van der Waals surface area contributed by atoms with E-state index >= 15 is 0 Å². The monoisotopic (exact) mass is 665 g/mol. The van der Waals surface area contributed by atoms with E-state index in [0.717, 1.165) is 47.7 Å². The largest absolute Gasteiger partial charge is 0.508 e. The van der Waals surface area contributed by atoms with Gasteiger partial charge in [0.15, 0.2) is 0 Å². The van der Waals surface area contributed by atoms with Crippen molar-refractivity contribution < 1.29 is 29.6 Å². The van der Waals surface area contributed by atoms with E-state index in [2.05, 4.69) is 15.4 Å². The molecule has 0 radical (unpaired) electrons. The highest BCUT2D eigenvalue weighted by Crippen LogP contribution is 2.26. The molecule has 46 heavy (non-hydrogen) atoms. The van der Waals surface area contributed by atoms with E-state index in [4.69, 9.17) is 9.47 Å². The highest BCUT2D eigenvalue weighted by atomic mass is 32.2. The third-order valence-corrected chi connectivity index (χ3v) is 8.98. The summed E-state index contributed by atoms with van der Waals surface area (Å²) in [6, 6.07) is 23.9. The zero-order valence-electron chi connectivity index (χ0n) is 25.8. The molecule has 0 fully saturated rings. The molecule has 0 spiro atoms. The molecule has 4 rings (SSSR count). The van der Waals surface area contributed by atoms with Gasteiger partial charge in [-0.25, -0.2) is 0 Å². The van der Waals surface area contributed by atoms with Gasteiger partial charge in [0.05, 0.1) is 36.7 Å². The normalized spacial score (nSPS) is 11.8. The molecular formula is C35H43N3O6S2. The Kier molecular flexibility index (Phi) is 15.4. The fourth-order valence-electron chi connectivity index (χ4n) is 4.61. The first kappa shape index (κ1) is 35.4. The number of aliphatic hydroxyl groups is 2. The van der Waals surface area contributed by atoms with Crippen molar-refractivity contribution >= 4 is 40.6 Å². The number of rotatable bonds is 21. The first-order valence-electron chi connectivity index (χ1n) is 15.5. The number of amides is 1. The van der Waals surface area contributed by atoms with Gasteiger partial charge in [0, 0.05) is 35.7 Å². The summed E-state index contributed by atoms with van der Waals surface area (Å²) in [5.41, 5.74) is 4.21. The zero-order chi connectivity index (χ0) is 32.4. The number of carbonyl (C=O) groups is 1. The van der Waals surface area contributed by atoms with E-state index < -0.39 is 6.10 Å². The number of hydrogen-bond acceptors (Lipinski definition) is 10. The topological polar surface area (TPSA) is 132 Å². The number of carbonyl (C=O) groups excluding carboxylic acids is 1. The average molecular weight is 666 g/mol. The Bertz CT molecular complexity index is 1470. The van der Waals surface area contributed by atoms with Crippen molar-refractivity contribution in [3.05, 3.63) is 106 Å². The lowest BCUT2D eigenvalue weighted by molar-refractivity contribution is 0.0393. The average Bonchev–Trinajstić information content (AvgIpc) is 3.60. The smallest absolute Gasteiger partial charge is 0.255 e. The summed E-state index contributed by atoms with van der Waals surface area (Å²) in [5, 5.41) is 37.5. The van der Waals surface area contributed by atoms with Crippen LogP contribution in [-0.4, -0.2) is 54.1 Å². The molecule has 6 N–H and O–H groups in total. The molecule has 3 aromatic carbocycles. The Morgan fingerprint density at radius 1 is 0.870 bits per heavy atom. The lowest BCUT2D eigenvalue weighted by Gasteiger charge is -2.14. The van der Waals surface area contributed by atoms with Crippen LogP contribution in [0.4, 0.5) is 11.4 Å². The number of aliphatic hydroxyl groups excluding tert-OH is 2. The van der Waals surface area contributed by atoms with Gasteiger partial charge in [-0.1, -0.05) is 43.2 Å². The highest BCUT2D eigenvalue weighted by Gasteiger charge is 2.10. The van der Waals surface area contributed by atoms with Crippen LogP contribution in [0.25, 0.3) is 0 Å². The first-order chi connectivity index (χ1) is 22.5. The van der Waals surface area contributed by atoms with Crippen LogP contribution in [0, 0.1) is 0 Å². The van der Waals surface area contributed by atoms with Crippen LogP contribution in [0.2, 0.25) is 0 Å². The van der Waals surface area contributed by atoms with Crippen LogP contribution >= 0.6 is 23.3 Å². The number of aromatic hydroxyl groups is 1. The molecule has 11 heteroatoms. The second-order valence-electron chi connectivity index (χ2n) is 10.7. The van der Waals surface area contributed by atoms with Crippen molar-refractivity contribution in [1.29, 1.82) is 0 Å². The van der Waals surface area contributed by atoms with Crippen molar-refractivity contribution in [1.82, 2.24) is 5.32 Å². The van der Waals surface area contributed by atoms with Crippen LogP contribution in [0.5, 0.6) is 5.75 Å². The van der Waals surface area contributed by atoms with Crippen LogP contribution in [-0.2, 0) is 22.7 Å². The summed E-state index contributed by atoms with van der Waals surface area (Å²) in [6.45, 7) is 3.10. The highest BCUT2D eigenvalue weighted by molar-refractivity contribution is 8.02. The van der Waals surface area contributed by atoms with Gasteiger partial charge in [0.25, 0.3) is 5.91 Å². The summed E-state index contributed by atoms with van der Waals surface area (Å²) in [6.07, 6.45) is 3.43. The van der Waals surface area contributed by atoms with E-state index in [1.807, 2.05) is 60.0 Å². The van der Waals surface area contributed by atoms with Gasteiger partial charge in [-0.3, -0.25) is 4.79 Å². The lowest BCUT2D eigenvalue weighted by atomic mass is 10.1. The van der Waals surface area contributed by atoms with Gasteiger partial charge >= 0.3 is 0 Å². The molecule has 1 amide bonds. The molecule has 9 nitrogen and oxygen atoms in total. The van der Waals surface area contributed by atoms with E-state index in [-0.39, 0.29) is 18.3 Å². The summed E-state index contributed by atoms with van der Waals surface area (Å²) in [4.78, 5) is 12.9. The minimum Gasteiger partial charge on any atom is -0.508 e. The molecular weight excluding hydrogens is 623 g/mol. The number of nitrogens with one attached hydrogen (secondary N) is 3. The summed E-state index contributed by atoms with van der Waals surface area (Å²) >= 11 is 3.18. The molecule has 0 bridgehead atoms. The summed E-state index contributed by atoms with van der Waals surface area (Å²) in [7, 11) is 0. The molecule has 4 aromatic rings. The van der Waals surface area contributed by atoms with E-state index in [0.29, 0.717) is 55.4 Å². The van der Waals surface area contributed by atoms with Crippen molar-refractivity contribution in [2.45, 2.75) is 49.2 Å². The van der Waals surface area contributed by atoms with Gasteiger partial charge < -0.3 is 40.1 Å². The molecule has 0 aliphatic rings. The van der Waals surface area contributed by atoms with Crippen LogP contribution in [0.3, 0.4) is 0 Å². The predicted octanol–water partition coefficient (Wildman–Crippen LogP) is 6.73. The molecule has 1 aromatic heterocycles. The van der Waals surface area contributed by atoms with Gasteiger partial charge in [-0.15, -0.1) is 11.3 Å². The molecule has 0 saturated heterocycles. The zero-order valence-corrected chi connectivity index (χ0v) is 27.5. The van der Waals surface area contributed by atoms with Crippen LogP contribution in [0.1, 0.15) is 58.8 Å². The maximum atomic E-state index is 12.9. The molecule has 1 heterocycles. The van der Waals surface area contributed by atoms with Gasteiger partial charge in [0.2, 0.25) is 0 Å². The molecule has 0 unspecified atom stereocenters. The SMILES string of the molecule is O=C(Nc1cccc(COCCOCCCCCCNC[C@@H](O)c2ccc(O)c(CO)c2)c1)c1cccc(NSc2cccs2)c1. The minimum absolute atomic E-state index is 0.0315. The Hall–Kier alpha value is -3.42. The summed E-state index contributed by atoms with van der Waals surface area (Å²) in [5.74, 6) is -0.140. The number of anilines is 2. The Morgan fingerprint density at radius 2 is 1.70 bits per heavy atom. The second-order valence-corrected chi connectivity index (χ2v) is 12.8. The number of unbranched alkanes of at least 4 members (excludes halogenated alkanes) is 3. The third-order valence-electron chi connectivity index (χ3n) is 7.10. The number of benzene rings is 3. The Morgan fingerprint density at radius 3 is 2.54 bits per heavy atom. The minimum atomic E-state index is -0.691. The standard InChI is InChI=1S/C35H43N3O6S2/c39-24-29-21-27(13-14-32(29)40)33(41)23-36-15-3-1-2-4-16-43-17-18-44-25-26-8-5-10-30(20-26)37-35(42)28-9-6-11-31(22-28)38-46-34-12-7-19-45-34/h5-14,19-22,33,36,38-41H,1-4,15-18,23-25H2,(H,37,42)/t33-/m1/s1. The maximum Gasteiger partial charge on any atom is 0.255 e. The Labute approximate surface area is 279 Å². The maximum absolute atomic E-state index is 12.9. The molecule has 1 atom stereocenters. The van der Waals surface area contributed by atoms with Crippen LogP contribution < -0.4 is 15.4 Å². The van der Waals surface area contributed by atoms with Crippen LogP contribution in [0.15, 0.2) is 88.5 Å². The van der Waals surface area contributed by atoms with Crippen molar-refractivity contribution in [3.8, 4) is 5.75 Å². The van der Waals surface area contributed by atoms with Gasteiger partial charge in [-0.2, -0.15) is 0 Å². The number of hydrogen-bond donors (Lipinski definition) is 6. The molecule has 0 saturated carbocycles. The molecule has 0 aliphatic heterocycles. The third kappa shape index (κ3) is 12.4. The number of ether oxygens (including phenoxy) is 2. The first-order valence-corrected chi connectivity index (χ1v) is 17.1. The van der Waals surface area contributed by atoms with Crippen molar-refractivity contribution in [2.24, 2.45) is 0 Å². The van der Waals surface area contributed by atoms with Crippen molar-refractivity contribution in [3.63, 3.8) is 0 Å². The second kappa shape index (κ2) is 20.0. The van der Waals surface area contributed by atoms with E-state index in [1.54, 1.807) is 29.5 Å². The number of phenols is 1. The Balaban J connectivity index is 1.01. The quantitative estimate of drug-likeness (QED) is 0.0423. The van der Waals surface area contributed by atoms with Crippen molar-refractivity contribution in [2.75, 3.05) is 42.9 Å². The van der Waals surface area contributed by atoms with E-state index in [9.17, 15) is 20.1 Å². The molecule has 246 valence electrons. The van der Waals surface area contributed by atoms with E-state index in [1.165, 1.54) is 18.0 Å². The molecule has 0 aliphatic carbocycles. The predicted molar refractivity (Wildman–Crippen MR) is 185 cm³/mol. The lowest BCUT2D eigenvalue weighted by Crippen LogP contribution is -2.22. The van der Waals surface area contributed by atoms with Gasteiger partial charge in [-0.05, 0) is 96.4 Å². The fourth-order valence-corrected chi connectivity index (χ4v) is 6.03.